The van der Waals surface area contributed by atoms with E-state index in [1.165, 1.54) is 5.56 Å². The Morgan fingerprint density at radius 2 is 1.60 bits per heavy atom. The predicted molar refractivity (Wildman–Crippen MR) is 98.6 cm³/mol. The van der Waals surface area contributed by atoms with Crippen LogP contribution in [0.4, 0.5) is 5.69 Å². The van der Waals surface area contributed by atoms with Gasteiger partial charge in [-0.05, 0) is 48.2 Å². The van der Waals surface area contributed by atoms with Crippen molar-refractivity contribution in [2.45, 2.75) is 33.2 Å². The van der Waals surface area contributed by atoms with Crippen molar-refractivity contribution in [2.75, 3.05) is 11.9 Å². The average molecular weight is 340 g/mol. The highest BCUT2D eigenvalue weighted by molar-refractivity contribution is 6.39. The van der Waals surface area contributed by atoms with Gasteiger partial charge in [-0.2, -0.15) is 0 Å². The summed E-state index contributed by atoms with van der Waals surface area (Å²) in [5.41, 5.74) is 2.68. The normalized spacial score (nSPS) is 10.4. The third-order valence-corrected chi connectivity index (χ3v) is 3.73. The van der Waals surface area contributed by atoms with Crippen LogP contribution in [0.3, 0.4) is 0 Å². The first kappa shape index (κ1) is 18.5. The molecule has 0 saturated heterocycles. The molecule has 2 amide bonds. The molecule has 0 saturated carbocycles. The lowest BCUT2D eigenvalue weighted by molar-refractivity contribution is -0.136. The number of amides is 2. The molecule has 5 nitrogen and oxygen atoms in total. The first-order valence-electron chi connectivity index (χ1n) is 8.40. The van der Waals surface area contributed by atoms with Crippen molar-refractivity contribution in [1.82, 2.24) is 5.32 Å². The van der Waals surface area contributed by atoms with Crippen LogP contribution in [-0.4, -0.2) is 18.4 Å². The third kappa shape index (κ3) is 5.64. The highest BCUT2D eigenvalue weighted by Gasteiger charge is 2.13. The first-order chi connectivity index (χ1) is 12.0. The van der Waals surface area contributed by atoms with Gasteiger partial charge in [0, 0.05) is 12.2 Å². The van der Waals surface area contributed by atoms with Crippen molar-refractivity contribution < 1.29 is 14.3 Å². The number of hydrogen-bond acceptors (Lipinski definition) is 3. The largest absolute Gasteiger partial charge is 0.494 e. The van der Waals surface area contributed by atoms with E-state index < -0.39 is 11.8 Å². The van der Waals surface area contributed by atoms with Crippen LogP contribution in [0.15, 0.2) is 48.5 Å². The average Bonchev–Trinajstić information content (AvgIpc) is 2.61. The van der Waals surface area contributed by atoms with Gasteiger partial charge in [0.15, 0.2) is 0 Å². The van der Waals surface area contributed by atoms with Gasteiger partial charge in [0.25, 0.3) is 0 Å². The number of benzene rings is 2. The van der Waals surface area contributed by atoms with Crippen molar-refractivity contribution in [1.29, 1.82) is 0 Å². The molecule has 0 aliphatic rings. The Morgan fingerprint density at radius 1 is 0.960 bits per heavy atom. The molecule has 25 heavy (non-hydrogen) atoms. The molecule has 0 fully saturated rings. The molecule has 0 heterocycles. The Balaban J connectivity index is 1.84. The van der Waals surface area contributed by atoms with Crippen molar-refractivity contribution in [3.63, 3.8) is 0 Å². The van der Waals surface area contributed by atoms with E-state index in [9.17, 15) is 9.59 Å². The van der Waals surface area contributed by atoms with Crippen LogP contribution < -0.4 is 15.4 Å². The summed E-state index contributed by atoms with van der Waals surface area (Å²) >= 11 is 0. The third-order valence-electron chi connectivity index (χ3n) is 3.73. The van der Waals surface area contributed by atoms with E-state index in [0.29, 0.717) is 18.2 Å². The molecular weight excluding hydrogens is 316 g/mol. The maximum absolute atomic E-state index is 11.9. The van der Waals surface area contributed by atoms with E-state index in [-0.39, 0.29) is 6.54 Å². The van der Waals surface area contributed by atoms with Crippen LogP contribution >= 0.6 is 0 Å². The van der Waals surface area contributed by atoms with Crippen LogP contribution in [0, 0.1) is 0 Å². The summed E-state index contributed by atoms with van der Waals surface area (Å²) in [6, 6.07) is 14.9. The number of carbonyl (C=O) groups excluding carboxylic acids is 2. The predicted octanol–water partition coefficient (Wildman–Crippen LogP) is 3.46. The number of ether oxygens (including phenoxy) is 1. The molecule has 0 aliphatic heterocycles. The molecule has 0 spiro atoms. The fourth-order valence-electron chi connectivity index (χ4n) is 2.27. The van der Waals surface area contributed by atoms with Gasteiger partial charge in [-0.3, -0.25) is 9.59 Å². The standard InChI is InChI=1S/C20H24N2O3/c1-4-25-18-11-5-15(6-12-18)13-21-19(23)20(24)22-17-9-7-16(8-10-17)14(2)3/h5-12,14H,4,13H2,1-3H3,(H,21,23)(H,22,24). The van der Waals surface area contributed by atoms with E-state index >= 15 is 0 Å². The SMILES string of the molecule is CCOc1ccc(CNC(=O)C(=O)Nc2ccc(C(C)C)cc2)cc1. The molecule has 0 aromatic heterocycles. The zero-order valence-electron chi connectivity index (χ0n) is 14.8. The Hall–Kier alpha value is -2.82. The number of nitrogens with one attached hydrogen (secondary N) is 2. The van der Waals surface area contributed by atoms with Crippen LogP contribution in [-0.2, 0) is 16.1 Å². The van der Waals surface area contributed by atoms with Gasteiger partial charge in [-0.15, -0.1) is 0 Å². The van der Waals surface area contributed by atoms with Gasteiger partial charge in [0.1, 0.15) is 5.75 Å². The molecular formula is C20H24N2O3. The lowest BCUT2D eigenvalue weighted by atomic mass is 10.0. The van der Waals surface area contributed by atoms with Crippen molar-refractivity contribution in [3.8, 4) is 5.75 Å². The summed E-state index contributed by atoms with van der Waals surface area (Å²) in [7, 11) is 0. The Morgan fingerprint density at radius 3 is 2.16 bits per heavy atom. The molecule has 2 aromatic rings. The Kier molecular flexibility index (Phi) is 6.57. The zero-order valence-corrected chi connectivity index (χ0v) is 14.8. The molecule has 0 aliphatic carbocycles. The second-order valence-corrected chi connectivity index (χ2v) is 5.99. The van der Waals surface area contributed by atoms with E-state index in [2.05, 4.69) is 24.5 Å². The van der Waals surface area contributed by atoms with Crippen molar-refractivity contribution >= 4 is 17.5 Å². The van der Waals surface area contributed by atoms with E-state index in [4.69, 9.17) is 4.74 Å². The summed E-state index contributed by atoms with van der Waals surface area (Å²) in [4.78, 5) is 23.9. The monoisotopic (exact) mass is 340 g/mol. The van der Waals surface area contributed by atoms with E-state index in [0.717, 1.165) is 11.3 Å². The Labute approximate surface area is 148 Å². The molecule has 132 valence electrons. The smallest absolute Gasteiger partial charge is 0.313 e. The number of hydrogen-bond donors (Lipinski definition) is 2. The molecule has 0 bridgehead atoms. The minimum Gasteiger partial charge on any atom is -0.494 e. The quantitative estimate of drug-likeness (QED) is 0.791. The topological polar surface area (TPSA) is 67.4 Å². The fraction of sp³-hybridized carbons (Fsp3) is 0.300. The van der Waals surface area contributed by atoms with Gasteiger partial charge in [0.2, 0.25) is 0 Å². The lowest BCUT2D eigenvalue weighted by Gasteiger charge is -2.09. The minimum atomic E-state index is -0.678. The second-order valence-electron chi connectivity index (χ2n) is 5.99. The first-order valence-corrected chi connectivity index (χ1v) is 8.40. The van der Waals surface area contributed by atoms with E-state index in [1.54, 1.807) is 12.1 Å². The van der Waals surface area contributed by atoms with Gasteiger partial charge < -0.3 is 15.4 Å². The van der Waals surface area contributed by atoms with Gasteiger partial charge in [-0.25, -0.2) is 0 Å². The molecule has 2 rings (SSSR count). The Bertz CT molecular complexity index is 707. The maximum Gasteiger partial charge on any atom is 0.313 e. The van der Waals surface area contributed by atoms with Gasteiger partial charge in [0.05, 0.1) is 6.61 Å². The molecule has 0 radical (unpaired) electrons. The van der Waals surface area contributed by atoms with Gasteiger partial charge >= 0.3 is 11.8 Å². The van der Waals surface area contributed by atoms with Gasteiger partial charge in [-0.1, -0.05) is 38.1 Å². The minimum absolute atomic E-state index is 0.283. The highest BCUT2D eigenvalue weighted by Crippen LogP contribution is 2.17. The molecule has 0 atom stereocenters. The zero-order chi connectivity index (χ0) is 18.2. The lowest BCUT2D eigenvalue weighted by Crippen LogP contribution is -2.34. The van der Waals surface area contributed by atoms with Crippen LogP contribution in [0.5, 0.6) is 5.75 Å². The molecule has 2 aromatic carbocycles. The molecule has 5 heteroatoms. The van der Waals surface area contributed by atoms with Crippen molar-refractivity contribution in [2.24, 2.45) is 0 Å². The van der Waals surface area contributed by atoms with Crippen LogP contribution in [0.2, 0.25) is 0 Å². The summed E-state index contributed by atoms with van der Waals surface area (Å²) in [5, 5.41) is 5.21. The maximum atomic E-state index is 11.9. The molecule has 0 unspecified atom stereocenters. The van der Waals surface area contributed by atoms with Crippen LogP contribution in [0.25, 0.3) is 0 Å². The summed E-state index contributed by atoms with van der Waals surface area (Å²) in [6.45, 7) is 7.01. The van der Waals surface area contributed by atoms with Crippen molar-refractivity contribution in [3.05, 3.63) is 59.7 Å². The summed E-state index contributed by atoms with van der Waals surface area (Å²) in [5.74, 6) is -0.146. The summed E-state index contributed by atoms with van der Waals surface area (Å²) in [6.07, 6.45) is 0. The molecule has 2 N–H and O–H groups in total. The summed E-state index contributed by atoms with van der Waals surface area (Å²) < 4.78 is 5.36. The number of anilines is 1. The second kappa shape index (κ2) is 8.87. The highest BCUT2D eigenvalue weighted by atomic mass is 16.5. The number of carbonyl (C=O) groups is 2. The van der Waals surface area contributed by atoms with E-state index in [1.807, 2.05) is 43.3 Å². The number of rotatable bonds is 6. The van der Waals surface area contributed by atoms with Crippen LogP contribution in [0.1, 0.15) is 37.8 Å². The fourth-order valence-corrected chi connectivity index (χ4v) is 2.27.